The Morgan fingerprint density at radius 2 is 1.87 bits per heavy atom. The molecule has 5 rings (SSSR count). The van der Waals surface area contributed by atoms with Crippen molar-refractivity contribution in [3.63, 3.8) is 0 Å². The lowest BCUT2D eigenvalue weighted by Gasteiger charge is -2.24. The number of anilines is 4. The summed E-state index contributed by atoms with van der Waals surface area (Å²) < 4.78 is 41.0. The van der Waals surface area contributed by atoms with Crippen LogP contribution in [0.3, 0.4) is 0 Å². The smallest absolute Gasteiger partial charge is 0.367 e. The van der Waals surface area contributed by atoms with Gasteiger partial charge in [-0.05, 0) is 68.8 Å². The van der Waals surface area contributed by atoms with Crippen LogP contribution < -0.4 is 21.3 Å². The van der Waals surface area contributed by atoms with E-state index in [2.05, 4.69) is 36.2 Å². The quantitative estimate of drug-likeness (QED) is 0.259. The molecule has 2 aromatic heterocycles. The summed E-state index contributed by atoms with van der Waals surface area (Å²) in [7, 11) is 0. The van der Waals surface area contributed by atoms with Gasteiger partial charge in [-0.15, -0.1) is 0 Å². The maximum Gasteiger partial charge on any atom is 0.416 e. The maximum absolute atomic E-state index is 13.1. The van der Waals surface area contributed by atoms with Crippen molar-refractivity contribution >= 4 is 29.0 Å². The van der Waals surface area contributed by atoms with Crippen LogP contribution in [0.4, 0.5) is 36.3 Å². The molecule has 39 heavy (non-hydrogen) atoms. The number of imidazole rings is 1. The summed E-state index contributed by atoms with van der Waals surface area (Å²) in [6, 6.07) is 11.7. The third kappa shape index (κ3) is 6.34. The Labute approximate surface area is 222 Å². The maximum atomic E-state index is 13.1. The summed E-state index contributed by atoms with van der Waals surface area (Å²) in [5, 5.41) is 12.7. The van der Waals surface area contributed by atoms with E-state index < -0.39 is 17.6 Å². The zero-order valence-electron chi connectivity index (χ0n) is 21.1. The van der Waals surface area contributed by atoms with Crippen LogP contribution in [0.25, 0.3) is 5.82 Å². The molecule has 1 saturated heterocycles. The largest absolute Gasteiger partial charge is 0.416 e. The minimum absolute atomic E-state index is 0.0897. The average molecular weight is 537 g/mol. The van der Waals surface area contributed by atoms with Crippen molar-refractivity contribution in [2.45, 2.75) is 32.0 Å². The summed E-state index contributed by atoms with van der Waals surface area (Å²) in [4.78, 5) is 25.8. The molecule has 0 unspecified atom stereocenters. The first kappa shape index (κ1) is 26.2. The first-order valence-electron chi connectivity index (χ1n) is 12.5. The van der Waals surface area contributed by atoms with E-state index >= 15 is 0 Å². The van der Waals surface area contributed by atoms with E-state index in [9.17, 15) is 18.0 Å². The van der Waals surface area contributed by atoms with Crippen LogP contribution in [0.1, 0.15) is 34.3 Å². The molecular weight excluding hydrogens is 509 g/mol. The van der Waals surface area contributed by atoms with Crippen molar-refractivity contribution in [1.29, 1.82) is 0 Å². The number of aryl methyl sites for hydroxylation is 1. The summed E-state index contributed by atoms with van der Waals surface area (Å²) in [6.07, 6.45) is 2.39. The Morgan fingerprint density at radius 3 is 2.67 bits per heavy atom. The van der Waals surface area contributed by atoms with Gasteiger partial charge in [-0.2, -0.15) is 13.2 Å². The topological polar surface area (TPSA) is 109 Å². The minimum Gasteiger partial charge on any atom is -0.367 e. The fraction of sp³-hybridized carbons (Fsp3) is 0.259. The molecule has 1 aliphatic heterocycles. The number of halogens is 3. The molecule has 1 fully saturated rings. The predicted octanol–water partition coefficient (Wildman–Crippen LogP) is 5.15. The number of aromatic nitrogens is 4. The van der Waals surface area contributed by atoms with Crippen LogP contribution in [0.2, 0.25) is 0 Å². The summed E-state index contributed by atoms with van der Waals surface area (Å²) >= 11 is 0. The van der Waals surface area contributed by atoms with E-state index in [4.69, 9.17) is 0 Å². The Morgan fingerprint density at radius 1 is 1.05 bits per heavy atom. The first-order valence-corrected chi connectivity index (χ1v) is 12.5. The molecule has 9 nitrogen and oxygen atoms in total. The number of amides is 1. The fourth-order valence-corrected chi connectivity index (χ4v) is 4.31. The van der Waals surface area contributed by atoms with Gasteiger partial charge < -0.3 is 21.3 Å². The summed E-state index contributed by atoms with van der Waals surface area (Å²) in [6.45, 7) is 3.81. The standard InChI is InChI=1S/C27H27F3N8O/c1-17-5-6-21(36-25(39)18-3-2-4-19(13-18)27(28,29)30)14-22(17)37-26-32-11-12-38(26)24-15-23(33-16-34-24)35-20-7-9-31-10-8-20/h2-6,11-16,20,31H,7-10H2,1H3,(H,32,37)(H,36,39)(H,33,34,35). The van der Waals surface area contributed by atoms with E-state index in [1.165, 1.54) is 18.5 Å². The van der Waals surface area contributed by atoms with Crippen molar-refractivity contribution in [3.05, 3.63) is 83.9 Å². The van der Waals surface area contributed by atoms with Crippen molar-refractivity contribution < 1.29 is 18.0 Å². The molecule has 0 saturated carbocycles. The zero-order valence-corrected chi connectivity index (χ0v) is 21.1. The Bertz CT molecular complexity index is 1460. The zero-order chi connectivity index (χ0) is 27.4. The number of carbonyl (C=O) groups is 1. The Balaban J connectivity index is 1.32. The highest BCUT2D eigenvalue weighted by atomic mass is 19.4. The van der Waals surface area contributed by atoms with Gasteiger partial charge in [-0.3, -0.25) is 9.36 Å². The van der Waals surface area contributed by atoms with Gasteiger partial charge in [0.1, 0.15) is 18.0 Å². The van der Waals surface area contributed by atoms with Crippen LogP contribution in [0.15, 0.2) is 67.3 Å². The van der Waals surface area contributed by atoms with Gasteiger partial charge in [-0.1, -0.05) is 12.1 Å². The second-order valence-corrected chi connectivity index (χ2v) is 9.24. The average Bonchev–Trinajstić information content (AvgIpc) is 3.39. The van der Waals surface area contributed by atoms with E-state index in [1.807, 2.05) is 13.0 Å². The molecule has 3 heterocycles. The van der Waals surface area contributed by atoms with E-state index in [0.717, 1.165) is 49.4 Å². The Kier molecular flexibility index (Phi) is 7.46. The number of hydrogen-bond acceptors (Lipinski definition) is 7. The fourth-order valence-electron chi connectivity index (χ4n) is 4.31. The third-order valence-electron chi connectivity index (χ3n) is 6.43. The first-order chi connectivity index (χ1) is 18.8. The van der Waals surface area contributed by atoms with Gasteiger partial charge in [0.25, 0.3) is 5.91 Å². The van der Waals surface area contributed by atoms with Crippen LogP contribution in [-0.2, 0) is 6.18 Å². The molecule has 12 heteroatoms. The second kappa shape index (κ2) is 11.1. The molecule has 0 radical (unpaired) electrons. The van der Waals surface area contributed by atoms with Crippen LogP contribution >= 0.6 is 0 Å². The number of benzene rings is 2. The molecule has 4 aromatic rings. The number of piperidine rings is 1. The predicted molar refractivity (Wildman–Crippen MR) is 143 cm³/mol. The molecular formula is C27H27F3N8O. The summed E-state index contributed by atoms with van der Waals surface area (Å²) in [5.74, 6) is 1.19. The van der Waals surface area contributed by atoms with Crippen molar-refractivity contribution in [1.82, 2.24) is 24.8 Å². The molecule has 202 valence electrons. The van der Waals surface area contributed by atoms with E-state index in [0.29, 0.717) is 29.2 Å². The van der Waals surface area contributed by atoms with Gasteiger partial charge in [-0.25, -0.2) is 15.0 Å². The molecule has 0 atom stereocenters. The van der Waals surface area contributed by atoms with Crippen molar-refractivity contribution in [2.24, 2.45) is 0 Å². The number of nitrogens with one attached hydrogen (secondary N) is 4. The lowest BCUT2D eigenvalue weighted by molar-refractivity contribution is -0.137. The van der Waals surface area contributed by atoms with Crippen LogP contribution in [-0.4, -0.2) is 44.6 Å². The van der Waals surface area contributed by atoms with Crippen molar-refractivity contribution in [2.75, 3.05) is 29.0 Å². The molecule has 2 aromatic carbocycles. The monoisotopic (exact) mass is 536 g/mol. The van der Waals surface area contributed by atoms with E-state index in [1.54, 1.807) is 35.2 Å². The van der Waals surface area contributed by atoms with Crippen LogP contribution in [0.5, 0.6) is 0 Å². The lowest BCUT2D eigenvalue weighted by atomic mass is 10.1. The summed E-state index contributed by atoms with van der Waals surface area (Å²) in [5.41, 5.74) is 0.975. The molecule has 0 spiro atoms. The van der Waals surface area contributed by atoms with Crippen molar-refractivity contribution in [3.8, 4) is 5.82 Å². The van der Waals surface area contributed by atoms with Crippen LogP contribution in [0, 0.1) is 6.92 Å². The highest BCUT2D eigenvalue weighted by molar-refractivity contribution is 6.04. The molecule has 1 aliphatic rings. The number of rotatable bonds is 7. The molecule has 0 bridgehead atoms. The normalized spacial score (nSPS) is 14.2. The van der Waals surface area contributed by atoms with Gasteiger partial charge >= 0.3 is 6.18 Å². The number of alkyl halides is 3. The Hall–Kier alpha value is -4.45. The number of hydrogen-bond donors (Lipinski definition) is 4. The highest BCUT2D eigenvalue weighted by Crippen LogP contribution is 2.30. The number of nitrogens with zero attached hydrogens (tertiary/aromatic N) is 4. The number of carbonyl (C=O) groups excluding carboxylic acids is 1. The minimum atomic E-state index is -4.53. The third-order valence-corrected chi connectivity index (χ3v) is 6.43. The van der Waals surface area contributed by atoms with Gasteiger partial charge in [0.05, 0.1) is 5.56 Å². The molecule has 0 aliphatic carbocycles. The van der Waals surface area contributed by atoms with Gasteiger partial charge in [0.2, 0.25) is 5.95 Å². The molecule has 4 N–H and O–H groups in total. The lowest BCUT2D eigenvalue weighted by Crippen LogP contribution is -2.35. The van der Waals surface area contributed by atoms with Gasteiger partial charge in [0, 0.05) is 41.4 Å². The highest BCUT2D eigenvalue weighted by Gasteiger charge is 2.31. The SMILES string of the molecule is Cc1ccc(NC(=O)c2cccc(C(F)(F)F)c2)cc1Nc1nccn1-c1cc(NC2CCNCC2)ncn1. The second-order valence-electron chi connectivity index (χ2n) is 9.24. The van der Waals surface area contributed by atoms with E-state index in [-0.39, 0.29) is 5.56 Å². The van der Waals surface area contributed by atoms with Gasteiger partial charge in [0.15, 0.2) is 0 Å². The molecule has 1 amide bonds.